The van der Waals surface area contributed by atoms with E-state index < -0.39 is 0 Å². The Kier molecular flexibility index (Phi) is 6.71. The second-order valence-corrected chi connectivity index (χ2v) is 12.6. The van der Waals surface area contributed by atoms with Gasteiger partial charge in [-0.25, -0.2) is 0 Å². The Morgan fingerprint density at radius 1 is 0.767 bits per heavy atom. The van der Waals surface area contributed by atoms with E-state index in [0.717, 1.165) is 23.7 Å². The molecule has 0 aromatic heterocycles. The summed E-state index contributed by atoms with van der Waals surface area (Å²) in [5, 5.41) is 0. The predicted octanol–water partition coefficient (Wildman–Crippen LogP) is 9.83. The first-order chi connectivity index (χ1) is 13.8. The summed E-state index contributed by atoms with van der Waals surface area (Å²) in [5.41, 5.74) is 4.20. The topological polar surface area (TPSA) is 0 Å². The van der Waals surface area contributed by atoms with E-state index in [2.05, 4.69) is 40.7 Å². The molecule has 5 aliphatic rings. The number of allylic oxidation sites excluding steroid dienone is 2. The molecule has 8 atom stereocenters. The van der Waals surface area contributed by atoms with E-state index in [4.69, 9.17) is 0 Å². The molecule has 0 N–H and O–H groups in total. The second kappa shape index (κ2) is 8.26. The number of fused-ring (bicyclic) bond motifs is 7. The molecule has 4 fully saturated rings. The first-order valence-electron chi connectivity index (χ1n) is 13.5. The SMILES string of the molecule is C.CC.CC1CCCC2(C)CCC3C(=CCC4(C)C5(C)CCCCC5CCC34C)C12. The Bertz CT molecular complexity index is 644. The zero-order chi connectivity index (χ0) is 21.1. The van der Waals surface area contributed by atoms with E-state index in [1.165, 1.54) is 77.0 Å². The van der Waals surface area contributed by atoms with Crippen LogP contribution in [0.3, 0.4) is 0 Å². The van der Waals surface area contributed by atoms with E-state index in [1.54, 1.807) is 0 Å². The van der Waals surface area contributed by atoms with Crippen molar-refractivity contribution >= 4 is 0 Å². The van der Waals surface area contributed by atoms with Gasteiger partial charge < -0.3 is 0 Å². The van der Waals surface area contributed by atoms with E-state index in [0.29, 0.717) is 21.7 Å². The molecule has 0 aromatic rings. The molecular weight excluding hydrogens is 360 g/mol. The molecule has 30 heavy (non-hydrogen) atoms. The van der Waals surface area contributed by atoms with Gasteiger partial charge in [0.2, 0.25) is 0 Å². The second-order valence-electron chi connectivity index (χ2n) is 12.6. The Labute approximate surface area is 190 Å². The zero-order valence-corrected chi connectivity index (χ0v) is 20.9. The van der Waals surface area contributed by atoms with Gasteiger partial charge in [-0.2, -0.15) is 0 Å². The average molecular weight is 415 g/mol. The lowest BCUT2D eigenvalue weighted by molar-refractivity contribution is -0.185. The van der Waals surface area contributed by atoms with Crippen LogP contribution in [0, 0.1) is 45.3 Å². The molecule has 0 radical (unpaired) electrons. The molecule has 0 aliphatic heterocycles. The Hall–Kier alpha value is -0.260. The van der Waals surface area contributed by atoms with Crippen LogP contribution in [0.1, 0.15) is 133 Å². The van der Waals surface area contributed by atoms with Gasteiger partial charge in [-0.3, -0.25) is 0 Å². The standard InChI is InChI=1S/C27H44.C2H6.CH4/c1-19-9-8-14-24(2)16-13-22-21(23(19)24)12-18-27(5)25(3)15-7-6-10-20(25)11-17-26(22,27)4;1-2;/h12,19-20,22-23H,6-11,13-18H2,1-5H3;1-2H3;1H4. The Morgan fingerprint density at radius 3 is 2.23 bits per heavy atom. The lowest BCUT2D eigenvalue weighted by atomic mass is 9.34. The largest absolute Gasteiger partial charge is 0.0841 e. The van der Waals surface area contributed by atoms with Gasteiger partial charge in [0.25, 0.3) is 0 Å². The summed E-state index contributed by atoms with van der Waals surface area (Å²) in [6, 6.07) is 0. The number of hydrogen-bond acceptors (Lipinski definition) is 0. The molecule has 8 unspecified atom stereocenters. The fourth-order valence-corrected chi connectivity index (χ4v) is 10.0. The van der Waals surface area contributed by atoms with Crippen LogP contribution < -0.4 is 0 Å². The summed E-state index contributed by atoms with van der Waals surface area (Å²) in [7, 11) is 0. The van der Waals surface area contributed by atoms with Crippen LogP contribution >= 0.6 is 0 Å². The van der Waals surface area contributed by atoms with E-state index in [-0.39, 0.29) is 7.43 Å². The molecule has 0 aromatic carbocycles. The van der Waals surface area contributed by atoms with Gasteiger partial charge in [0.1, 0.15) is 0 Å². The maximum absolute atomic E-state index is 2.85. The minimum atomic E-state index is 0. The monoisotopic (exact) mass is 414 g/mol. The quantitative estimate of drug-likeness (QED) is 0.346. The molecule has 0 bridgehead atoms. The van der Waals surface area contributed by atoms with Crippen molar-refractivity contribution in [3.05, 3.63) is 11.6 Å². The average Bonchev–Trinajstić information content (AvgIpc) is 2.70. The number of hydrogen-bond donors (Lipinski definition) is 0. The highest BCUT2D eigenvalue weighted by Crippen LogP contribution is 2.74. The third-order valence-electron chi connectivity index (χ3n) is 11.9. The predicted molar refractivity (Wildman–Crippen MR) is 134 cm³/mol. The highest BCUT2D eigenvalue weighted by Gasteiger charge is 2.66. The molecule has 0 heterocycles. The van der Waals surface area contributed by atoms with Crippen LogP contribution in [0.15, 0.2) is 11.6 Å². The molecular formula is C30H54. The number of rotatable bonds is 0. The lowest BCUT2D eigenvalue weighted by Crippen LogP contribution is -2.62. The summed E-state index contributed by atoms with van der Waals surface area (Å²) in [6.07, 6.45) is 20.6. The molecule has 5 rings (SSSR count). The van der Waals surface area contributed by atoms with Gasteiger partial charge >= 0.3 is 0 Å². The van der Waals surface area contributed by atoms with Gasteiger partial charge in [0.05, 0.1) is 0 Å². The van der Waals surface area contributed by atoms with Gasteiger partial charge in [-0.15, -0.1) is 0 Å². The van der Waals surface area contributed by atoms with E-state index in [9.17, 15) is 0 Å². The van der Waals surface area contributed by atoms with Crippen molar-refractivity contribution in [2.45, 2.75) is 133 Å². The third-order valence-corrected chi connectivity index (χ3v) is 11.9. The summed E-state index contributed by atoms with van der Waals surface area (Å²) >= 11 is 0. The summed E-state index contributed by atoms with van der Waals surface area (Å²) in [5.74, 6) is 3.69. The maximum Gasteiger partial charge on any atom is -0.0121 e. The summed E-state index contributed by atoms with van der Waals surface area (Å²) < 4.78 is 0. The molecule has 0 amide bonds. The van der Waals surface area contributed by atoms with Crippen LogP contribution in [0.2, 0.25) is 0 Å². The minimum Gasteiger partial charge on any atom is -0.0841 e. The zero-order valence-electron chi connectivity index (χ0n) is 20.9. The smallest absolute Gasteiger partial charge is 0.0121 e. The lowest BCUT2D eigenvalue weighted by Gasteiger charge is -2.70. The molecule has 174 valence electrons. The molecule has 0 heteroatoms. The van der Waals surface area contributed by atoms with Crippen LogP contribution in [-0.4, -0.2) is 0 Å². The Balaban J connectivity index is 0.000000830. The van der Waals surface area contributed by atoms with Crippen molar-refractivity contribution in [1.29, 1.82) is 0 Å². The molecule has 0 saturated heterocycles. The first kappa shape index (κ1) is 24.4. The summed E-state index contributed by atoms with van der Waals surface area (Å²) in [6.45, 7) is 17.5. The molecule has 0 nitrogen and oxygen atoms in total. The van der Waals surface area contributed by atoms with Crippen molar-refractivity contribution in [2.75, 3.05) is 0 Å². The highest BCUT2D eigenvalue weighted by molar-refractivity contribution is 5.30. The van der Waals surface area contributed by atoms with Crippen molar-refractivity contribution in [3.63, 3.8) is 0 Å². The van der Waals surface area contributed by atoms with E-state index in [1.807, 2.05) is 19.4 Å². The van der Waals surface area contributed by atoms with Crippen molar-refractivity contribution < 1.29 is 0 Å². The maximum atomic E-state index is 2.85. The van der Waals surface area contributed by atoms with Gasteiger partial charge in [-0.1, -0.05) is 93.2 Å². The summed E-state index contributed by atoms with van der Waals surface area (Å²) in [4.78, 5) is 0. The molecule has 0 spiro atoms. The Morgan fingerprint density at radius 2 is 1.50 bits per heavy atom. The minimum absolute atomic E-state index is 0. The van der Waals surface area contributed by atoms with Gasteiger partial charge in [0, 0.05) is 0 Å². The van der Waals surface area contributed by atoms with Crippen molar-refractivity contribution in [3.8, 4) is 0 Å². The van der Waals surface area contributed by atoms with Gasteiger partial charge in [0.15, 0.2) is 0 Å². The van der Waals surface area contributed by atoms with Crippen LogP contribution in [0.4, 0.5) is 0 Å². The molecule has 4 saturated carbocycles. The van der Waals surface area contributed by atoms with Crippen molar-refractivity contribution in [2.24, 2.45) is 45.3 Å². The van der Waals surface area contributed by atoms with Crippen LogP contribution in [-0.2, 0) is 0 Å². The molecule has 5 aliphatic carbocycles. The normalized spacial score (nSPS) is 52.0. The highest BCUT2D eigenvalue weighted by atomic mass is 14.7. The van der Waals surface area contributed by atoms with Crippen LogP contribution in [0.25, 0.3) is 0 Å². The van der Waals surface area contributed by atoms with Gasteiger partial charge in [-0.05, 0) is 96.7 Å². The van der Waals surface area contributed by atoms with E-state index >= 15 is 0 Å². The third kappa shape index (κ3) is 3.04. The fourth-order valence-electron chi connectivity index (χ4n) is 10.0. The van der Waals surface area contributed by atoms with Crippen LogP contribution in [0.5, 0.6) is 0 Å². The fraction of sp³-hybridized carbons (Fsp3) is 0.933. The first-order valence-corrected chi connectivity index (χ1v) is 13.5. The van der Waals surface area contributed by atoms with Crippen molar-refractivity contribution in [1.82, 2.24) is 0 Å².